The minimum atomic E-state index is -3.90. The quantitative estimate of drug-likeness (QED) is 0.285. The molecular weight excluding hydrogens is 536 g/mol. The molecule has 0 aromatic heterocycles. The molecule has 0 unspecified atom stereocenters. The van der Waals surface area contributed by atoms with Crippen molar-refractivity contribution in [2.45, 2.75) is 41.1 Å². The first-order valence-corrected chi connectivity index (χ1v) is 15.7. The van der Waals surface area contributed by atoms with Crippen LogP contribution < -0.4 is 14.5 Å². The van der Waals surface area contributed by atoms with E-state index in [2.05, 4.69) is 0 Å². The van der Waals surface area contributed by atoms with Crippen LogP contribution in [0.4, 0.5) is 11.4 Å². The van der Waals surface area contributed by atoms with Crippen LogP contribution in [0.2, 0.25) is 0 Å². The average molecular weight is 575 g/mol. The summed E-state index contributed by atoms with van der Waals surface area (Å²) >= 11 is 0. The van der Waals surface area contributed by atoms with E-state index in [1.165, 1.54) is 0 Å². The fourth-order valence-corrected chi connectivity index (χ4v) is 8.62. The van der Waals surface area contributed by atoms with Crippen molar-refractivity contribution in [3.63, 3.8) is 0 Å². The monoisotopic (exact) mass is 574 g/mol. The molecule has 39 heavy (non-hydrogen) atoms. The highest BCUT2D eigenvalue weighted by atomic mass is 32.3. The number of hydrogen-bond acceptors (Lipinski definition) is 8. The van der Waals surface area contributed by atoms with Gasteiger partial charge in [-0.25, -0.2) is 8.42 Å². The summed E-state index contributed by atoms with van der Waals surface area (Å²) in [6.07, 6.45) is 1.06. The number of rotatable bonds is 10. The van der Waals surface area contributed by atoms with Crippen molar-refractivity contribution in [1.29, 1.82) is 0 Å². The number of carbonyl (C=O) groups is 1. The molecule has 3 aromatic carbocycles. The lowest BCUT2D eigenvalue weighted by atomic mass is 10.2. The third-order valence-corrected chi connectivity index (χ3v) is 10.1. The first-order chi connectivity index (χ1) is 18.1. The lowest BCUT2D eigenvalue weighted by Crippen LogP contribution is -2.27. The van der Waals surface area contributed by atoms with Crippen LogP contribution in [0.15, 0.2) is 87.5 Å². The first kappa shape index (κ1) is 30.3. The van der Waals surface area contributed by atoms with E-state index in [0.29, 0.717) is 10.6 Å². The molecule has 0 atom stereocenters. The Bertz CT molecular complexity index is 1310. The van der Waals surface area contributed by atoms with E-state index in [9.17, 15) is 13.2 Å². The maximum absolute atomic E-state index is 12.8. The molecule has 0 aliphatic rings. The molecule has 0 fully saturated rings. The molecule has 0 spiro atoms. The Labute approximate surface area is 234 Å². The fourth-order valence-electron chi connectivity index (χ4n) is 3.82. The Hall–Kier alpha value is -3.21. The second-order valence-electron chi connectivity index (χ2n) is 10.5. The van der Waals surface area contributed by atoms with Crippen LogP contribution in [0, 0.1) is 0 Å². The van der Waals surface area contributed by atoms with Gasteiger partial charge in [0.15, 0.2) is 6.61 Å². The molecule has 0 N–H and O–H groups in total. The van der Waals surface area contributed by atoms with E-state index in [4.69, 9.17) is 13.1 Å². The maximum Gasteiger partial charge on any atom is 0.344 e. The van der Waals surface area contributed by atoms with Crippen molar-refractivity contribution in [2.75, 3.05) is 50.9 Å². The van der Waals surface area contributed by atoms with Crippen LogP contribution in [0.1, 0.15) is 20.8 Å². The van der Waals surface area contributed by atoms with E-state index in [1.54, 1.807) is 45.0 Å². The van der Waals surface area contributed by atoms with Gasteiger partial charge in [-0.15, -0.1) is 0 Å². The molecule has 10 heteroatoms. The maximum atomic E-state index is 12.8. The van der Waals surface area contributed by atoms with Crippen molar-refractivity contribution >= 4 is 37.8 Å². The van der Waals surface area contributed by atoms with Crippen molar-refractivity contribution in [3.8, 4) is 5.75 Å². The number of nitrogens with zero attached hydrogens (tertiary/aromatic N) is 2. The van der Waals surface area contributed by atoms with Crippen LogP contribution in [0.3, 0.4) is 0 Å². The Kier molecular flexibility index (Phi) is 9.25. The predicted molar refractivity (Wildman–Crippen MR) is 158 cm³/mol. The van der Waals surface area contributed by atoms with Crippen molar-refractivity contribution in [3.05, 3.63) is 72.8 Å². The van der Waals surface area contributed by atoms with E-state index in [0.717, 1.165) is 27.4 Å². The summed E-state index contributed by atoms with van der Waals surface area (Å²) in [5.41, 5.74) is 1.33. The minimum Gasteiger partial charge on any atom is -0.482 e. The van der Waals surface area contributed by atoms with Gasteiger partial charge in [-0.05, 0) is 104 Å². The molecule has 0 saturated carbocycles. The topological polar surface area (TPSA) is 85.4 Å². The van der Waals surface area contributed by atoms with Gasteiger partial charge in [0.05, 0.1) is 6.26 Å². The molecular formula is C29H38N2O6S2. The van der Waals surface area contributed by atoms with Gasteiger partial charge in [0.2, 0.25) is 0 Å². The van der Waals surface area contributed by atoms with E-state index >= 15 is 0 Å². The molecule has 0 amide bonds. The summed E-state index contributed by atoms with van der Waals surface area (Å²) in [4.78, 5) is 18.1. The number of anilines is 2. The minimum absolute atomic E-state index is 0.244. The lowest BCUT2D eigenvalue weighted by Gasteiger charge is -2.39. The van der Waals surface area contributed by atoms with Crippen LogP contribution in [0.25, 0.3) is 0 Å². The third kappa shape index (κ3) is 7.90. The summed E-state index contributed by atoms with van der Waals surface area (Å²) < 4.78 is 42.6. The van der Waals surface area contributed by atoms with Gasteiger partial charge in [0, 0.05) is 54.3 Å². The summed E-state index contributed by atoms with van der Waals surface area (Å²) in [5, 5.41) is 0. The van der Waals surface area contributed by atoms with E-state index in [-0.39, 0.29) is 6.61 Å². The summed E-state index contributed by atoms with van der Waals surface area (Å²) in [6.45, 7) is 5.13. The smallest absolute Gasteiger partial charge is 0.344 e. The zero-order valence-electron chi connectivity index (χ0n) is 23.8. The molecule has 0 aliphatic carbocycles. The van der Waals surface area contributed by atoms with Crippen LogP contribution in [-0.4, -0.2) is 61.0 Å². The summed E-state index contributed by atoms with van der Waals surface area (Å²) in [5.74, 6) is -0.0305. The number of benzene rings is 3. The predicted octanol–water partition coefficient (Wildman–Crippen LogP) is 5.71. The molecule has 0 aliphatic heterocycles. The van der Waals surface area contributed by atoms with Gasteiger partial charge in [-0.2, -0.15) is 8.42 Å². The van der Waals surface area contributed by atoms with Gasteiger partial charge in [-0.3, -0.25) is 0 Å². The molecule has 0 saturated heterocycles. The Morgan fingerprint density at radius 3 is 1.44 bits per heavy atom. The standard InChI is InChI=1S/C29H38N2O6S2/c1-29(2,3)36-28(32)21-35-24-13-19-27(20-14-24)39(37-38(8,33)34,25-15-9-22(10-16-25)30(4)5)26-17-11-23(12-18-26)31(6)7/h9-20H,21H2,1-8H3. The zero-order chi connectivity index (χ0) is 29.0. The largest absolute Gasteiger partial charge is 0.482 e. The molecule has 0 bridgehead atoms. The molecule has 212 valence electrons. The third-order valence-electron chi connectivity index (χ3n) is 5.53. The Balaban J connectivity index is 2.12. The Morgan fingerprint density at radius 2 is 1.10 bits per heavy atom. The van der Waals surface area contributed by atoms with Gasteiger partial charge in [0.1, 0.15) is 11.4 Å². The lowest BCUT2D eigenvalue weighted by molar-refractivity contribution is -0.157. The van der Waals surface area contributed by atoms with E-state index < -0.39 is 32.0 Å². The van der Waals surface area contributed by atoms with Gasteiger partial charge < -0.3 is 19.3 Å². The second kappa shape index (κ2) is 11.9. The molecule has 0 radical (unpaired) electrons. The van der Waals surface area contributed by atoms with Gasteiger partial charge >= 0.3 is 5.97 Å². The highest BCUT2D eigenvalue weighted by Crippen LogP contribution is 2.70. The highest BCUT2D eigenvalue weighted by Gasteiger charge is 2.36. The number of ether oxygens (including phenoxy) is 2. The van der Waals surface area contributed by atoms with Crippen LogP contribution >= 0.6 is 10.3 Å². The SMILES string of the molecule is CN(C)c1ccc(S(OS(C)(=O)=O)(c2ccc(OCC(=O)OC(C)(C)C)cc2)c2ccc(N(C)C)cc2)cc1. The van der Waals surface area contributed by atoms with Crippen LogP contribution in [-0.2, 0) is 23.3 Å². The van der Waals surface area contributed by atoms with Gasteiger partial charge in [-0.1, -0.05) is 0 Å². The van der Waals surface area contributed by atoms with E-state index in [1.807, 2.05) is 86.5 Å². The Morgan fingerprint density at radius 1 is 0.718 bits per heavy atom. The zero-order valence-corrected chi connectivity index (χ0v) is 25.4. The van der Waals surface area contributed by atoms with Gasteiger partial charge in [0.25, 0.3) is 10.1 Å². The van der Waals surface area contributed by atoms with Crippen molar-refractivity contribution in [2.24, 2.45) is 0 Å². The van der Waals surface area contributed by atoms with Crippen molar-refractivity contribution < 1.29 is 26.3 Å². The molecule has 0 heterocycles. The highest BCUT2D eigenvalue weighted by molar-refractivity contribution is 8.33. The average Bonchev–Trinajstić information content (AvgIpc) is 2.85. The van der Waals surface area contributed by atoms with Crippen LogP contribution in [0.5, 0.6) is 5.75 Å². The second-order valence-corrected chi connectivity index (χ2v) is 14.9. The first-order valence-electron chi connectivity index (χ1n) is 12.3. The molecule has 8 nitrogen and oxygen atoms in total. The molecule has 3 aromatic rings. The number of hydrogen-bond donors (Lipinski definition) is 0. The van der Waals surface area contributed by atoms with Crippen molar-refractivity contribution in [1.82, 2.24) is 0 Å². The summed E-state index contributed by atoms with van der Waals surface area (Å²) in [6, 6.07) is 22.4. The number of esters is 1. The normalized spacial score (nSPS) is 12.5. The number of carbonyl (C=O) groups excluding carboxylic acids is 1. The fraction of sp³-hybridized carbons (Fsp3) is 0.345. The molecule has 3 rings (SSSR count). The summed E-state index contributed by atoms with van der Waals surface area (Å²) in [7, 11) is 1.15.